The zero-order valence-electron chi connectivity index (χ0n) is 12.1. The Kier molecular flexibility index (Phi) is 5.18. The van der Waals surface area contributed by atoms with Gasteiger partial charge in [0.2, 0.25) is 0 Å². The summed E-state index contributed by atoms with van der Waals surface area (Å²) >= 11 is 0. The topological polar surface area (TPSA) is 35.9 Å². The van der Waals surface area contributed by atoms with Crippen LogP contribution in [-0.2, 0) is 0 Å². The summed E-state index contributed by atoms with van der Waals surface area (Å²) in [6, 6.07) is 0. The molecule has 2 nitrogen and oxygen atoms in total. The fraction of sp³-hybridized carbons (Fsp3) is 0.933. The van der Waals surface area contributed by atoms with Crippen LogP contribution in [0.2, 0.25) is 0 Å². The fourth-order valence-electron chi connectivity index (χ4n) is 3.59. The first-order valence-corrected chi connectivity index (χ1v) is 7.13. The third-order valence-electron chi connectivity index (χ3n) is 3.74. The van der Waals surface area contributed by atoms with Crippen LogP contribution in [0.25, 0.3) is 0 Å². The van der Waals surface area contributed by atoms with Crippen molar-refractivity contribution in [2.45, 2.75) is 83.7 Å². The number of unbranched alkanes of at least 4 members (excludes halogenated alkanes) is 3. The van der Waals surface area contributed by atoms with E-state index >= 15 is 0 Å². The normalized spacial score (nSPS) is 23.5. The first kappa shape index (κ1) is 14.7. The van der Waals surface area contributed by atoms with Crippen LogP contribution < -0.4 is 5.32 Å². The highest BCUT2D eigenvalue weighted by molar-refractivity contribution is 5.52. The summed E-state index contributed by atoms with van der Waals surface area (Å²) in [5, 5.41) is 10.7. The third-order valence-corrected chi connectivity index (χ3v) is 3.74. The molecule has 1 aliphatic rings. The summed E-state index contributed by atoms with van der Waals surface area (Å²) in [4.78, 5) is 0. The van der Waals surface area contributed by atoms with Crippen molar-refractivity contribution in [2.75, 3.05) is 0 Å². The highest BCUT2D eigenvalue weighted by Crippen LogP contribution is 2.35. The molecule has 0 aliphatic carbocycles. The Morgan fingerprint density at radius 1 is 1.06 bits per heavy atom. The van der Waals surface area contributed by atoms with Gasteiger partial charge >= 0.3 is 0 Å². The maximum absolute atomic E-state index is 7.00. The monoisotopic (exact) mass is 238 g/mol. The van der Waals surface area contributed by atoms with Gasteiger partial charge in [-0.25, -0.2) is 0 Å². The van der Waals surface area contributed by atoms with Crippen LogP contribution in [0.15, 0.2) is 0 Å². The van der Waals surface area contributed by atoms with Gasteiger partial charge in [0, 0.05) is 11.1 Å². The van der Waals surface area contributed by atoms with E-state index in [-0.39, 0.29) is 0 Å². The average Bonchev–Trinajstić information content (AvgIpc) is 2.12. The lowest BCUT2D eigenvalue weighted by Gasteiger charge is -2.46. The number of piperidine rings is 1. The van der Waals surface area contributed by atoms with Gasteiger partial charge in [-0.1, -0.05) is 19.3 Å². The molecule has 1 aliphatic heterocycles. The van der Waals surface area contributed by atoms with Crippen LogP contribution in [0, 0.1) is 11.3 Å². The zero-order chi connectivity index (χ0) is 12.9. The maximum Gasteiger partial charge on any atom is 0.0132 e. The van der Waals surface area contributed by atoms with Gasteiger partial charge in [-0.2, -0.15) is 0 Å². The minimum atomic E-state index is 0.293. The first-order chi connectivity index (χ1) is 7.85. The summed E-state index contributed by atoms with van der Waals surface area (Å²) in [5.41, 5.74) is 0.586. The van der Waals surface area contributed by atoms with Crippen molar-refractivity contribution >= 4 is 6.21 Å². The lowest BCUT2D eigenvalue weighted by molar-refractivity contribution is 0.122. The molecule has 2 N–H and O–H groups in total. The Hall–Kier alpha value is -0.370. The predicted molar refractivity (Wildman–Crippen MR) is 75.9 cm³/mol. The second kappa shape index (κ2) is 5.99. The third kappa shape index (κ3) is 5.67. The molecule has 1 fully saturated rings. The lowest BCUT2D eigenvalue weighted by atomic mass is 9.74. The van der Waals surface area contributed by atoms with Gasteiger partial charge < -0.3 is 10.7 Å². The van der Waals surface area contributed by atoms with E-state index in [0.29, 0.717) is 11.1 Å². The van der Waals surface area contributed by atoms with E-state index in [1.165, 1.54) is 44.7 Å². The molecule has 0 bridgehead atoms. The minimum Gasteiger partial charge on any atom is -0.313 e. The number of hydrogen-bond donors (Lipinski definition) is 2. The Labute approximate surface area is 107 Å². The zero-order valence-corrected chi connectivity index (χ0v) is 12.1. The second-order valence-corrected chi connectivity index (χ2v) is 7.01. The molecule has 0 radical (unpaired) electrons. The molecule has 17 heavy (non-hydrogen) atoms. The summed E-state index contributed by atoms with van der Waals surface area (Å²) in [6.45, 7) is 9.32. The Morgan fingerprint density at radius 2 is 1.65 bits per heavy atom. The van der Waals surface area contributed by atoms with E-state index in [1.54, 1.807) is 0 Å². The van der Waals surface area contributed by atoms with Crippen molar-refractivity contribution in [1.29, 1.82) is 5.41 Å². The fourth-order valence-corrected chi connectivity index (χ4v) is 3.59. The van der Waals surface area contributed by atoms with E-state index in [9.17, 15) is 0 Å². The van der Waals surface area contributed by atoms with Crippen LogP contribution in [0.3, 0.4) is 0 Å². The summed E-state index contributed by atoms with van der Waals surface area (Å²) < 4.78 is 0. The number of nitrogens with one attached hydrogen (secondary N) is 2. The van der Waals surface area contributed by atoms with Gasteiger partial charge in [-0.3, -0.25) is 0 Å². The summed E-state index contributed by atoms with van der Waals surface area (Å²) in [7, 11) is 0. The van der Waals surface area contributed by atoms with Crippen molar-refractivity contribution in [1.82, 2.24) is 5.32 Å². The van der Waals surface area contributed by atoms with Gasteiger partial charge in [-0.15, -0.1) is 0 Å². The second-order valence-electron chi connectivity index (χ2n) is 7.01. The molecular weight excluding hydrogens is 208 g/mol. The van der Waals surface area contributed by atoms with Crippen molar-refractivity contribution in [3.05, 3.63) is 0 Å². The Morgan fingerprint density at radius 3 is 2.18 bits per heavy atom. The van der Waals surface area contributed by atoms with Gasteiger partial charge in [-0.05, 0) is 65.5 Å². The number of rotatable bonds is 6. The van der Waals surface area contributed by atoms with Crippen molar-refractivity contribution in [2.24, 2.45) is 5.92 Å². The minimum absolute atomic E-state index is 0.293. The standard InChI is InChI=1S/C15H30N2/c1-14(2)11-13(12-15(3,4)17-14)9-7-5-6-8-10-16/h10,13,16-17H,5-9,11-12H2,1-4H3. The quantitative estimate of drug-likeness (QED) is 0.529. The molecule has 1 heterocycles. The van der Waals surface area contributed by atoms with Gasteiger partial charge in [0.25, 0.3) is 0 Å². The Balaban J connectivity index is 2.30. The molecule has 0 aromatic heterocycles. The van der Waals surface area contributed by atoms with Crippen LogP contribution >= 0.6 is 0 Å². The van der Waals surface area contributed by atoms with Crippen molar-refractivity contribution < 1.29 is 0 Å². The molecule has 1 rings (SSSR count). The molecular formula is C15H30N2. The van der Waals surface area contributed by atoms with Gasteiger partial charge in [0.05, 0.1) is 0 Å². The Bertz CT molecular complexity index is 227. The SMILES string of the molecule is CC1(C)CC(CCCCCC=N)CC(C)(C)N1. The van der Waals surface area contributed by atoms with Crippen LogP contribution in [0.1, 0.15) is 72.6 Å². The van der Waals surface area contributed by atoms with E-state index < -0.39 is 0 Å². The largest absolute Gasteiger partial charge is 0.313 e. The summed E-state index contributed by atoms with van der Waals surface area (Å²) in [6.07, 6.45) is 10.3. The average molecular weight is 238 g/mol. The summed E-state index contributed by atoms with van der Waals surface area (Å²) in [5.74, 6) is 0.876. The first-order valence-electron chi connectivity index (χ1n) is 7.13. The molecule has 0 atom stereocenters. The predicted octanol–water partition coefficient (Wildman–Crippen LogP) is 4.14. The van der Waals surface area contributed by atoms with Gasteiger partial charge in [0.15, 0.2) is 0 Å². The van der Waals surface area contributed by atoms with E-state index in [4.69, 9.17) is 5.41 Å². The molecule has 0 aromatic carbocycles. The van der Waals surface area contributed by atoms with Crippen molar-refractivity contribution in [3.63, 3.8) is 0 Å². The molecule has 2 heteroatoms. The molecule has 0 unspecified atom stereocenters. The maximum atomic E-state index is 7.00. The van der Waals surface area contributed by atoms with Crippen LogP contribution in [0.5, 0.6) is 0 Å². The number of hydrogen-bond acceptors (Lipinski definition) is 2. The van der Waals surface area contributed by atoms with Gasteiger partial charge in [0.1, 0.15) is 0 Å². The van der Waals surface area contributed by atoms with Crippen LogP contribution in [-0.4, -0.2) is 17.3 Å². The lowest BCUT2D eigenvalue weighted by Crippen LogP contribution is -2.57. The molecule has 0 saturated carbocycles. The molecule has 0 aromatic rings. The highest BCUT2D eigenvalue weighted by atomic mass is 15.0. The molecule has 0 spiro atoms. The molecule has 100 valence electrons. The van der Waals surface area contributed by atoms with E-state index in [0.717, 1.165) is 12.3 Å². The van der Waals surface area contributed by atoms with Crippen LogP contribution in [0.4, 0.5) is 0 Å². The highest BCUT2D eigenvalue weighted by Gasteiger charge is 2.36. The molecule has 0 amide bonds. The molecule has 1 saturated heterocycles. The smallest absolute Gasteiger partial charge is 0.0132 e. The van der Waals surface area contributed by atoms with E-state index in [1.807, 2.05) is 0 Å². The van der Waals surface area contributed by atoms with E-state index in [2.05, 4.69) is 33.0 Å². The van der Waals surface area contributed by atoms with Crippen molar-refractivity contribution in [3.8, 4) is 0 Å².